The molecule has 0 radical (unpaired) electrons. The Kier molecular flexibility index (Phi) is 6.21. The lowest BCUT2D eigenvalue weighted by Gasteiger charge is -2.27. The molecule has 0 aliphatic heterocycles. The predicted molar refractivity (Wildman–Crippen MR) is 69.8 cm³/mol. The molecule has 1 aliphatic rings. The molecule has 1 N–H and O–H groups in total. The third kappa shape index (κ3) is 5.86. The normalized spacial score (nSPS) is 22.8. The predicted octanol–water partition coefficient (Wildman–Crippen LogP) is 1.68. The Morgan fingerprint density at radius 2 is 1.90 bits per heavy atom. The van der Waals surface area contributed by atoms with Gasteiger partial charge in [0.05, 0.1) is 12.0 Å². The molecule has 0 saturated heterocycles. The molecular weight excluding hydrogens is 264 g/mol. The fourth-order valence-corrected chi connectivity index (χ4v) is 2.14. The first-order valence-corrected chi connectivity index (χ1v) is 6.70. The van der Waals surface area contributed by atoms with Gasteiger partial charge in [-0.1, -0.05) is 0 Å². The van der Waals surface area contributed by atoms with E-state index < -0.39 is 11.9 Å². The van der Waals surface area contributed by atoms with E-state index in [0.717, 1.165) is 25.0 Å². The van der Waals surface area contributed by atoms with Crippen LogP contribution in [0.15, 0.2) is 12.2 Å². The van der Waals surface area contributed by atoms with Crippen LogP contribution in [0.3, 0.4) is 0 Å². The monoisotopic (exact) mass is 284 g/mol. The number of carboxylic acid groups (broad SMARTS) is 1. The van der Waals surface area contributed by atoms with Crippen molar-refractivity contribution in [2.24, 2.45) is 5.92 Å². The van der Waals surface area contributed by atoms with Crippen LogP contribution in [-0.4, -0.2) is 35.2 Å². The van der Waals surface area contributed by atoms with Crippen molar-refractivity contribution < 1.29 is 29.0 Å². The van der Waals surface area contributed by atoms with E-state index in [4.69, 9.17) is 14.6 Å². The molecule has 0 heterocycles. The van der Waals surface area contributed by atoms with Gasteiger partial charge in [-0.2, -0.15) is 0 Å². The van der Waals surface area contributed by atoms with Crippen LogP contribution in [0.25, 0.3) is 0 Å². The van der Waals surface area contributed by atoms with E-state index in [9.17, 15) is 14.4 Å². The van der Waals surface area contributed by atoms with Crippen molar-refractivity contribution in [1.29, 1.82) is 0 Å². The van der Waals surface area contributed by atoms with E-state index in [0.29, 0.717) is 12.8 Å². The van der Waals surface area contributed by atoms with Gasteiger partial charge in [0.25, 0.3) is 0 Å². The number of aliphatic carboxylic acids is 1. The first-order valence-electron chi connectivity index (χ1n) is 6.70. The van der Waals surface area contributed by atoms with Crippen LogP contribution in [0.2, 0.25) is 0 Å². The summed E-state index contributed by atoms with van der Waals surface area (Å²) in [5, 5.41) is 8.41. The maximum absolute atomic E-state index is 11.8. The lowest BCUT2D eigenvalue weighted by atomic mass is 9.87. The highest BCUT2D eigenvalue weighted by atomic mass is 16.5. The average Bonchev–Trinajstić information content (AvgIpc) is 2.36. The van der Waals surface area contributed by atoms with Gasteiger partial charge in [-0.15, -0.1) is 0 Å². The first kappa shape index (κ1) is 16.2. The molecule has 6 heteroatoms. The van der Waals surface area contributed by atoms with E-state index in [1.165, 1.54) is 0 Å². The summed E-state index contributed by atoms with van der Waals surface area (Å²) in [7, 11) is 0. The van der Waals surface area contributed by atoms with E-state index in [-0.39, 0.29) is 24.1 Å². The zero-order chi connectivity index (χ0) is 15.1. The highest BCUT2D eigenvalue weighted by molar-refractivity contribution is 5.90. The van der Waals surface area contributed by atoms with Crippen LogP contribution in [-0.2, 0) is 23.9 Å². The Bertz CT molecular complexity index is 398. The fourth-order valence-electron chi connectivity index (χ4n) is 2.14. The third-order valence-corrected chi connectivity index (χ3v) is 2.96. The average molecular weight is 284 g/mol. The Morgan fingerprint density at radius 1 is 1.20 bits per heavy atom. The molecule has 0 spiro atoms. The molecule has 2 atom stereocenters. The quantitative estimate of drug-likeness (QED) is 0.610. The van der Waals surface area contributed by atoms with Crippen LogP contribution in [0.4, 0.5) is 0 Å². The summed E-state index contributed by atoms with van der Waals surface area (Å²) in [5.41, 5.74) is 0. The zero-order valence-electron chi connectivity index (χ0n) is 11.7. The minimum atomic E-state index is -1.20. The molecule has 0 aromatic carbocycles. The second-order valence-electron chi connectivity index (χ2n) is 5.08. The maximum Gasteiger partial charge on any atom is 0.331 e. The Balaban J connectivity index is 2.46. The lowest BCUT2D eigenvalue weighted by Crippen LogP contribution is -2.31. The number of hydrogen-bond donors (Lipinski definition) is 1. The topological polar surface area (TPSA) is 89.9 Å². The molecule has 0 bridgehead atoms. The number of rotatable bonds is 5. The number of carbonyl (C=O) groups excluding carboxylic acids is 2. The Hall–Kier alpha value is -1.85. The summed E-state index contributed by atoms with van der Waals surface area (Å²) in [6, 6.07) is 0. The van der Waals surface area contributed by atoms with Gasteiger partial charge in [-0.3, -0.25) is 4.79 Å². The summed E-state index contributed by atoms with van der Waals surface area (Å²) in [6.45, 7) is 3.57. The van der Waals surface area contributed by atoms with E-state index in [2.05, 4.69) is 0 Å². The van der Waals surface area contributed by atoms with Crippen LogP contribution in [0.1, 0.15) is 39.5 Å². The van der Waals surface area contributed by atoms with Crippen molar-refractivity contribution in [3.63, 3.8) is 0 Å². The number of carboxylic acids is 1. The molecule has 1 saturated carbocycles. The number of hydrogen-bond acceptors (Lipinski definition) is 5. The van der Waals surface area contributed by atoms with Crippen molar-refractivity contribution in [2.75, 3.05) is 0 Å². The summed E-state index contributed by atoms with van der Waals surface area (Å²) < 4.78 is 10.3. The number of carbonyl (C=O) groups is 3. The van der Waals surface area contributed by atoms with E-state index in [1.54, 1.807) is 13.8 Å². The maximum atomic E-state index is 11.8. The van der Waals surface area contributed by atoms with Gasteiger partial charge in [-0.25, -0.2) is 9.59 Å². The molecular formula is C14H20O6. The molecule has 1 aliphatic carbocycles. The van der Waals surface area contributed by atoms with Crippen molar-refractivity contribution in [2.45, 2.75) is 51.7 Å². The molecule has 1 fully saturated rings. The second kappa shape index (κ2) is 7.67. The largest absolute Gasteiger partial charge is 0.478 e. The van der Waals surface area contributed by atoms with Crippen LogP contribution < -0.4 is 0 Å². The summed E-state index contributed by atoms with van der Waals surface area (Å²) in [4.78, 5) is 33.5. The molecule has 6 nitrogen and oxygen atoms in total. The van der Waals surface area contributed by atoms with Crippen LogP contribution in [0.5, 0.6) is 0 Å². The minimum absolute atomic E-state index is 0.163. The van der Waals surface area contributed by atoms with Crippen molar-refractivity contribution in [3.8, 4) is 0 Å². The lowest BCUT2D eigenvalue weighted by molar-refractivity contribution is -0.158. The van der Waals surface area contributed by atoms with Gasteiger partial charge < -0.3 is 14.6 Å². The van der Waals surface area contributed by atoms with Gasteiger partial charge in [0.1, 0.15) is 6.10 Å². The highest BCUT2D eigenvalue weighted by Crippen LogP contribution is 2.27. The molecule has 0 amide bonds. The first-order chi connectivity index (χ1) is 9.38. The number of ether oxygens (including phenoxy) is 2. The molecule has 0 aromatic rings. The molecule has 20 heavy (non-hydrogen) atoms. The van der Waals surface area contributed by atoms with Gasteiger partial charge in [0.15, 0.2) is 0 Å². The van der Waals surface area contributed by atoms with Gasteiger partial charge >= 0.3 is 17.9 Å². The van der Waals surface area contributed by atoms with Crippen LogP contribution in [0, 0.1) is 5.92 Å². The highest BCUT2D eigenvalue weighted by Gasteiger charge is 2.30. The van der Waals surface area contributed by atoms with Crippen molar-refractivity contribution in [3.05, 3.63) is 12.2 Å². The van der Waals surface area contributed by atoms with Gasteiger partial charge in [0.2, 0.25) is 0 Å². The van der Waals surface area contributed by atoms with Crippen molar-refractivity contribution in [1.82, 2.24) is 0 Å². The smallest absolute Gasteiger partial charge is 0.331 e. The fraction of sp³-hybridized carbons (Fsp3) is 0.643. The zero-order valence-corrected chi connectivity index (χ0v) is 11.7. The minimum Gasteiger partial charge on any atom is -0.478 e. The summed E-state index contributed by atoms with van der Waals surface area (Å²) in [6.07, 6.45) is 3.69. The van der Waals surface area contributed by atoms with Gasteiger partial charge in [0, 0.05) is 12.2 Å². The Labute approximate surface area is 117 Å². The standard InChI is InChI=1S/C14H20O6/c1-9(2)19-14(18)10-4-3-5-11(8-10)20-13(17)7-6-12(15)16/h6-7,9-11H,3-5,8H2,1-2H3,(H,15,16)/b7-6-/t10-,11+/m0/s1. The summed E-state index contributed by atoms with van der Waals surface area (Å²) in [5.74, 6) is -2.42. The molecule has 0 unspecified atom stereocenters. The molecule has 1 rings (SSSR count). The molecule has 0 aromatic heterocycles. The van der Waals surface area contributed by atoms with E-state index in [1.807, 2.05) is 0 Å². The van der Waals surface area contributed by atoms with Crippen LogP contribution >= 0.6 is 0 Å². The SMILES string of the molecule is CC(C)OC(=O)[C@H]1CCC[C@@H](OC(=O)/C=C\C(=O)O)C1. The second-order valence-corrected chi connectivity index (χ2v) is 5.08. The van der Waals surface area contributed by atoms with Crippen molar-refractivity contribution >= 4 is 17.9 Å². The third-order valence-electron chi connectivity index (χ3n) is 2.96. The number of esters is 2. The Morgan fingerprint density at radius 3 is 2.50 bits per heavy atom. The van der Waals surface area contributed by atoms with E-state index >= 15 is 0 Å². The van der Waals surface area contributed by atoms with Gasteiger partial charge in [-0.05, 0) is 39.5 Å². The summed E-state index contributed by atoms with van der Waals surface area (Å²) >= 11 is 0. The molecule has 112 valence electrons.